The zero-order valence-corrected chi connectivity index (χ0v) is 10.7. The molecule has 1 fully saturated rings. The molecule has 0 radical (unpaired) electrons. The molecule has 1 saturated carbocycles. The summed E-state index contributed by atoms with van der Waals surface area (Å²) in [5, 5.41) is 3.37. The molecule has 1 atom stereocenters. The van der Waals surface area contributed by atoms with Crippen LogP contribution in [-0.4, -0.2) is 18.7 Å². The van der Waals surface area contributed by atoms with Gasteiger partial charge in [0.15, 0.2) is 0 Å². The van der Waals surface area contributed by atoms with Crippen LogP contribution in [-0.2, 0) is 0 Å². The summed E-state index contributed by atoms with van der Waals surface area (Å²) in [6, 6.07) is 3.88. The highest BCUT2D eigenvalue weighted by Gasteiger charge is 2.24. The molecule has 0 bridgehead atoms. The summed E-state index contributed by atoms with van der Waals surface area (Å²) in [4.78, 5) is 0. The number of benzene rings is 1. The highest BCUT2D eigenvalue weighted by molar-refractivity contribution is 5.24. The summed E-state index contributed by atoms with van der Waals surface area (Å²) < 4.78 is 31.8. The van der Waals surface area contributed by atoms with Gasteiger partial charge in [-0.25, -0.2) is 8.78 Å². The third-order valence-electron chi connectivity index (χ3n) is 3.05. The first-order chi connectivity index (χ1) is 8.54. The van der Waals surface area contributed by atoms with E-state index in [2.05, 4.69) is 5.32 Å². The first kappa shape index (κ1) is 13.3. The summed E-state index contributed by atoms with van der Waals surface area (Å²) in [7, 11) is 0. The van der Waals surface area contributed by atoms with Gasteiger partial charge in [-0.15, -0.1) is 0 Å². The molecule has 1 N–H and O–H groups in total. The predicted octanol–water partition coefficient (Wildman–Crippen LogP) is 3.12. The van der Waals surface area contributed by atoms with E-state index in [1.165, 1.54) is 25.0 Å². The van der Waals surface area contributed by atoms with Gasteiger partial charge in [-0.1, -0.05) is 13.8 Å². The Hall–Kier alpha value is -1.16. The fourth-order valence-electron chi connectivity index (χ4n) is 1.76. The second kappa shape index (κ2) is 5.65. The van der Waals surface area contributed by atoms with Crippen LogP contribution in [0.1, 0.15) is 26.7 Å². The van der Waals surface area contributed by atoms with Crippen molar-refractivity contribution >= 4 is 0 Å². The Labute approximate surface area is 106 Å². The molecule has 0 saturated heterocycles. The SMILES string of the molecule is CC(C)C(CNC1CC1)Oc1cc(F)cc(F)c1. The molecule has 0 heterocycles. The first-order valence-electron chi connectivity index (χ1n) is 6.40. The molecule has 2 nitrogen and oxygen atoms in total. The van der Waals surface area contributed by atoms with Crippen LogP contribution in [0.4, 0.5) is 8.78 Å². The third kappa shape index (κ3) is 3.95. The molecule has 100 valence electrons. The molecule has 1 aliphatic rings. The maximum absolute atomic E-state index is 13.1. The van der Waals surface area contributed by atoms with Crippen LogP contribution in [0.15, 0.2) is 18.2 Å². The van der Waals surface area contributed by atoms with Crippen LogP contribution >= 0.6 is 0 Å². The van der Waals surface area contributed by atoms with Crippen molar-refractivity contribution in [2.75, 3.05) is 6.54 Å². The van der Waals surface area contributed by atoms with Gasteiger partial charge in [-0.2, -0.15) is 0 Å². The van der Waals surface area contributed by atoms with Crippen molar-refractivity contribution in [2.45, 2.75) is 38.8 Å². The fourth-order valence-corrected chi connectivity index (χ4v) is 1.76. The minimum absolute atomic E-state index is 0.0770. The van der Waals surface area contributed by atoms with E-state index in [0.717, 1.165) is 6.07 Å². The Morgan fingerprint density at radius 2 is 1.83 bits per heavy atom. The number of nitrogens with one attached hydrogen (secondary N) is 1. The normalized spacial score (nSPS) is 16.9. The lowest BCUT2D eigenvalue weighted by Gasteiger charge is -2.23. The van der Waals surface area contributed by atoms with E-state index < -0.39 is 11.6 Å². The predicted molar refractivity (Wildman–Crippen MR) is 66.6 cm³/mol. The topological polar surface area (TPSA) is 21.3 Å². The number of hydrogen-bond acceptors (Lipinski definition) is 2. The molecular weight excluding hydrogens is 236 g/mol. The van der Waals surface area contributed by atoms with Crippen molar-refractivity contribution in [1.29, 1.82) is 0 Å². The van der Waals surface area contributed by atoms with E-state index in [1.807, 2.05) is 13.8 Å². The van der Waals surface area contributed by atoms with Gasteiger partial charge in [0.25, 0.3) is 0 Å². The molecular formula is C14H19F2NO. The molecule has 1 aliphatic carbocycles. The van der Waals surface area contributed by atoms with Gasteiger partial charge in [0, 0.05) is 30.8 Å². The summed E-state index contributed by atoms with van der Waals surface area (Å²) in [5.41, 5.74) is 0. The highest BCUT2D eigenvalue weighted by Crippen LogP contribution is 2.21. The van der Waals surface area contributed by atoms with Crippen LogP contribution < -0.4 is 10.1 Å². The average Bonchev–Trinajstić information content (AvgIpc) is 3.06. The van der Waals surface area contributed by atoms with E-state index in [1.54, 1.807) is 0 Å². The molecule has 18 heavy (non-hydrogen) atoms. The van der Waals surface area contributed by atoms with Crippen molar-refractivity contribution in [3.05, 3.63) is 29.8 Å². The van der Waals surface area contributed by atoms with Gasteiger partial charge < -0.3 is 10.1 Å². The summed E-state index contributed by atoms with van der Waals surface area (Å²) in [5.74, 6) is -0.684. The quantitative estimate of drug-likeness (QED) is 0.843. The van der Waals surface area contributed by atoms with Crippen molar-refractivity contribution in [1.82, 2.24) is 5.32 Å². The number of rotatable bonds is 6. The highest BCUT2D eigenvalue weighted by atomic mass is 19.1. The van der Waals surface area contributed by atoms with E-state index in [4.69, 9.17) is 4.74 Å². The van der Waals surface area contributed by atoms with Crippen molar-refractivity contribution < 1.29 is 13.5 Å². The third-order valence-corrected chi connectivity index (χ3v) is 3.05. The van der Waals surface area contributed by atoms with Crippen LogP contribution in [0.25, 0.3) is 0 Å². The first-order valence-corrected chi connectivity index (χ1v) is 6.40. The lowest BCUT2D eigenvalue weighted by atomic mass is 10.1. The van der Waals surface area contributed by atoms with E-state index in [0.29, 0.717) is 12.6 Å². The van der Waals surface area contributed by atoms with Crippen LogP contribution in [0.2, 0.25) is 0 Å². The molecule has 0 amide bonds. The molecule has 0 aliphatic heterocycles. The fraction of sp³-hybridized carbons (Fsp3) is 0.571. The molecule has 1 aromatic carbocycles. The zero-order chi connectivity index (χ0) is 13.1. The largest absolute Gasteiger partial charge is 0.489 e. The van der Waals surface area contributed by atoms with Crippen LogP contribution in [0, 0.1) is 17.6 Å². The van der Waals surface area contributed by atoms with Gasteiger partial charge in [0.1, 0.15) is 23.5 Å². The maximum atomic E-state index is 13.1. The lowest BCUT2D eigenvalue weighted by Crippen LogP contribution is -2.36. The second-order valence-corrected chi connectivity index (χ2v) is 5.19. The monoisotopic (exact) mass is 255 g/mol. The second-order valence-electron chi connectivity index (χ2n) is 5.19. The molecule has 1 unspecified atom stereocenters. The number of hydrogen-bond donors (Lipinski definition) is 1. The Kier molecular flexibility index (Phi) is 4.17. The molecule has 0 spiro atoms. The summed E-state index contributed by atoms with van der Waals surface area (Å²) in [6.07, 6.45) is 2.34. The Morgan fingerprint density at radius 3 is 2.33 bits per heavy atom. The van der Waals surface area contributed by atoms with Gasteiger partial charge in [0.05, 0.1) is 0 Å². The van der Waals surface area contributed by atoms with E-state index >= 15 is 0 Å². The zero-order valence-electron chi connectivity index (χ0n) is 10.7. The van der Waals surface area contributed by atoms with Crippen molar-refractivity contribution in [3.63, 3.8) is 0 Å². The Balaban J connectivity index is 1.97. The summed E-state index contributed by atoms with van der Waals surface area (Å²) >= 11 is 0. The lowest BCUT2D eigenvalue weighted by molar-refractivity contribution is 0.147. The van der Waals surface area contributed by atoms with Gasteiger partial charge in [-0.3, -0.25) is 0 Å². The average molecular weight is 255 g/mol. The van der Waals surface area contributed by atoms with Gasteiger partial charge in [-0.05, 0) is 18.8 Å². The van der Waals surface area contributed by atoms with Crippen LogP contribution in [0.5, 0.6) is 5.75 Å². The standard InChI is InChI=1S/C14H19F2NO/c1-9(2)14(8-17-12-3-4-12)18-13-6-10(15)5-11(16)7-13/h5-7,9,12,14,17H,3-4,8H2,1-2H3. The van der Waals surface area contributed by atoms with E-state index in [-0.39, 0.29) is 17.8 Å². The summed E-state index contributed by atoms with van der Waals surface area (Å²) in [6.45, 7) is 4.78. The molecule has 4 heteroatoms. The Bertz CT molecular complexity index is 385. The maximum Gasteiger partial charge on any atom is 0.129 e. The smallest absolute Gasteiger partial charge is 0.129 e. The van der Waals surface area contributed by atoms with Crippen molar-refractivity contribution in [3.8, 4) is 5.75 Å². The van der Waals surface area contributed by atoms with E-state index in [9.17, 15) is 8.78 Å². The Morgan fingerprint density at radius 1 is 1.22 bits per heavy atom. The van der Waals surface area contributed by atoms with Gasteiger partial charge in [0.2, 0.25) is 0 Å². The number of halogens is 2. The van der Waals surface area contributed by atoms with Crippen LogP contribution in [0.3, 0.4) is 0 Å². The minimum atomic E-state index is -0.609. The molecule has 2 rings (SSSR count). The van der Waals surface area contributed by atoms with Crippen molar-refractivity contribution in [2.24, 2.45) is 5.92 Å². The number of ether oxygens (including phenoxy) is 1. The minimum Gasteiger partial charge on any atom is -0.489 e. The van der Waals surface area contributed by atoms with Gasteiger partial charge >= 0.3 is 0 Å². The molecule has 0 aromatic heterocycles. The molecule has 1 aromatic rings.